The molecule has 33 heavy (non-hydrogen) atoms. The number of nitrogens with one attached hydrogen (secondary N) is 2. The maximum atomic E-state index is 13.1. The second-order valence-electron chi connectivity index (χ2n) is 8.43. The first-order valence-corrected chi connectivity index (χ1v) is 11.5. The molecule has 0 bridgehead atoms. The van der Waals surface area contributed by atoms with Gasteiger partial charge in [-0.3, -0.25) is 4.79 Å². The van der Waals surface area contributed by atoms with E-state index >= 15 is 0 Å². The van der Waals surface area contributed by atoms with Crippen LogP contribution in [0.5, 0.6) is 0 Å². The Bertz CT molecular complexity index is 1270. The Kier molecular flexibility index (Phi) is 5.88. The van der Waals surface area contributed by atoms with E-state index in [1.54, 1.807) is 6.20 Å². The van der Waals surface area contributed by atoms with E-state index in [9.17, 15) is 4.79 Å². The first-order chi connectivity index (χ1) is 16.1. The zero-order valence-corrected chi connectivity index (χ0v) is 19.1. The average Bonchev–Trinajstić information content (AvgIpc) is 3.28. The summed E-state index contributed by atoms with van der Waals surface area (Å²) in [5, 5.41) is 11.8. The Morgan fingerprint density at radius 1 is 1.06 bits per heavy atom. The summed E-state index contributed by atoms with van der Waals surface area (Å²) in [6.07, 6.45) is 2.57. The van der Waals surface area contributed by atoms with Crippen molar-refractivity contribution in [1.82, 2.24) is 15.1 Å². The van der Waals surface area contributed by atoms with Gasteiger partial charge in [-0.1, -0.05) is 72.3 Å². The van der Waals surface area contributed by atoms with E-state index in [0.717, 1.165) is 28.9 Å². The highest BCUT2D eigenvalue weighted by atomic mass is 35.5. The molecule has 4 aromatic rings. The number of anilines is 1. The van der Waals surface area contributed by atoms with Crippen molar-refractivity contribution in [3.8, 4) is 11.1 Å². The number of hydrogen-bond donors (Lipinski definition) is 2. The zero-order chi connectivity index (χ0) is 22.8. The van der Waals surface area contributed by atoms with Gasteiger partial charge >= 0.3 is 0 Å². The Morgan fingerprint density at radius 3 is 2.64 bits per heavy atom. The van der Waals surface area contributed by atoms with Crippen molar-refractivity contribution in [3.63, 3.8) is 0 Å². The number of carbonyl (C=O) groups excluding carboxylic acids is 1. The molecule has 1 aliphatic heterocycles. The molecule has 5 rings (SSSR count). The summed E-state index contributed by atoms with van der Waals surface area (Å²) in [7, 11) is 0. The summed E-state index contributed by atoms with van der Waals surface area (Å²) in [6.45, 7) is 2.57. The minimum Gasteiger partial charge on any atom is -0.363 e. The second kappa shape index (κ2) is 9.12. The second-order valence-corrected chi connectivity index (χ2v) is 8.87. The third-order valence-electron chi connectivity index (χ3n) is 6.10. The molecule has 5 nitrogen and oxygen atoms in total. The molecule has 0 aliphatic carbocycles. The Balaban J connectivity index is 1.31. The molecular weight excluding hydrogens is 432 g/mol. The quantitative estimate of drug-likeness (QED) is 0.373. The first-order valence-electron chi connectivity index (χ1n) is 11.1. The smallest absolute Gasteiger partial charge is 0.256 e. The van der Waals surface area contributed by atoms with Gasteiger partial charge in [0.25, 0.3) is 5.91 Å². The monoisotopic (exact) mass is 456 g/mol. The fraction of sp³-hybridized carbons (Fsp3) is 0.185. The number of rotatable bonds is 5. The van der Waals surface area contributed by atoms with Crippen molar-refractivity contribution in [3.05, 3.63) is 107 Å². The van der Waals surface area contributed by atoms with Gasteiger partial charge in [-0.2, -0.15) is 5.10 Å². The first kappa shape index (κ1) is 21.3. The number of hydrogen-bond acceptors (Lipinski definition) is 3. The molecule has 0 fully saturated rings. The molecular formula is C27H25ClN4O. The normalized spacial score (nSPS) is 17.2. The molecule has 1 aromatic heterocycles. The molecule has 0 saturated carbocycles. The summed E-state index contributed by atoms with van der Waals surface area (Å²) >= 11 is 6.01. The van der Waals surface area contributed by atoms with Gasteiger partial charge in [-0.15, -0.1) is 0 Å². The van der Waals surface area contributed by atoms with Crippen LogP contribution in [-0.2, 0) is 6.54 Å². The standard InChI is InChI=1S/C27H25ClN4O/c1-18-14-25(21-7-3-2-4-8-21)31-26-24(17-30-32(18)26)27(33)29-16-19-6-5-9-22(15-19)20-10-12-23(28)13-11-20/h2-13,15,17-18,25,31H,14,16H2,1H3,(H,29,33). The van der Waals surface area contributed by atoms with Crippen molar-refractivity contribution < 1.29 is 4.79 Å². The molecule has 6 heteroatoms. The predicted molar refractivity (Wildman–Crippen MR) is 132 cm³/mol. The molecule has 2 heterocycles. The van der Waals surface area contributed by atoms with Crippen molar-refractivity contribution in [2.45, 2.75) is 32.0 Å². The number of benzene rings is 3. The lowest BCUT2D eigenvalue weighted by atomic mass is 9.98. The van der Waals surface area contributed by atoms with Crippen LogP contribution < -0.4 is 10.6 Å². The SMILES string of the molecule is CC1CC(c2ccccc2)Nc2c(C(=O)NCc3cccc(-c4ccc(Cl)cc4)c3)cnn21. The van der Waals surface area contributed by atoms with Crippen LogP contribution in [0.4, 0.5) is 5.82 Å². The van der Waals surface area contributed by atoms with Crippen LogP contribution >= 0.6 is 11.6 Å². The van der Waals surface area contributed by atoms with Gasteiger partial charge in [0.1, 0.15) is 11.4 Å². The van der Waals surface area contributed by atoms with Crippen LogP contribution in [0.2, 0.25) is 5.02 Å². The van der Waals surface area contributed by atoms with Crippen LogP contribution in [0.15, 0.2) is 85.1 Å². The van der Waals surface area contributed by atoms with Gasteiger partial charge in [-0.05, 0) is 53.8 Å². The van der Waals surface area contributed by atoms with Crippen LogP contribution in [0.25, 0.3) is 11.1 Å². The van der Waals surface area contributed by atoms with Crippen molar-refractivity contribution in [1.29, 1.82) is 0 Å². The summed E-state index contributed by atoms with van der Waals surface area (Å²) in [5.41, 5.74) is 4.98. The van der Waals surface area contributed by atoms with Gasteiger partial charge < -0.3 is 10.6 Å². The summed E-state index contributed by atoms with van der Waals surface area (Å²) in [6, 6.07) is 26.6. The zero-order valence-electron chi connectivity index (χ0n) is 18.3. The van der Waals surface area contributed by atoms with Crippen molar-refractivity contribution in [2.75, 3.05) is 5.32 Å². The van der Waals surface area contributed by atoms with E-state index in [4.69, 9.17) is 11.6 Å². The molecule has 2 unspecified atom stereocenters. The molecule has 1 aliphatic rings. The summed E-state index contributed by atoms with van der Waals surface area (Å²) in [4.78, 5) is 13.1. The minimum absolute atomic E-state index is 0.137. The van der Waals surface area contributed by atoms with Gasteiger partial charge in [0, 0.05) is 11.6 Å². The summed E-state index contributed by atoms with van der Waals surface area (Å²) < 4.78 is 1.91. The molecule has 2 N–H and O–H groups in total. The van der Waals surface area contributed by atoms with Crippen LogP contribution in [0.3, 0.4) is 0 Å². The highest BCUT2D eigenvalue weighted by molar-refractivity contribution is 6.30. The number of aromatic nitrogens is 2. The van der Waals surface area contributed by atoms with E-state index < -0.39 is 0 Å². The van der Waals surface area contributed by atoms with Gasteiger partial charge in [-0.25, -0.2) is 4.68 Å². The van der Waals surface area contributed by atoms with Crippen LogP contribution in [-0.4, -0.2) is 15.7 Å². The minimum atomic E-state index is -0.137. The highest BCUT2D eigenvalue weighted by Gasteiger charge is 2.29. The molecule has 3 aromatic carbocycles. The third kappa shape index (κ3) is 4.50. The van der Waals surface area contributed by atoms with E-state index in [1.165, 1.54) is 5.56 Å². The molecule has 0 spiro atoms. The lowest BCUT2D eigenvalue weighted by Crippen LogP contribution is -2.28. The largest absolute Gasteiger partial charge is 0.363 e. The Labute approximate surface area is 198 Å². The van der Waals surface area contributed by atoms with Gasteiger partial charge in [0.15, 0.2) is 0 Å². The maximum absolute atomic E-state index is 13.1. The number of halogens is 1. The lowest BCUT2D eigenvalue weighted by Gasteiger charge is -2.31. The van der Waals surface area contributed by atoms with Crippen LogP contribution in [0, 0.1) is 0 Å². The average molecular weight is 457 g/mol. The Hall–Kier alpha value is -3.57. The third-order valence-corrected chi connectivity index (χ3v) is 6.36. The molecule has 166 valence electrons. The van der Waals surface area contributed by atoms with Crippen molar-refractivity contribution in [2.24, 2.45) is 0 Å². The fourth-order valence-electron chi connectivity index (χ4n) is 4.36. The van der Waals surface area contributed by atoms with Crippen molar-refractivity contribution >= 4 is 23.3 Å². The highest BCUT2D eigenvalue weighted by Crippen LogP contribution is 2.36. The van der Waals surface area contributed by atoms with Crippen LogP contribution in [0.1, 0.15) is 46.9 Å². The van der Waals surface area contributed by atoms with E-state index in [1.807, 2.05) is 59.3 Å². The predicted octanol–water partition coefficient (Wildman–Crippen LogP) is 6.25. The number of nitrogens with zero attached hydrogens (tertiary/aromatic N) is 2. The molecule has 2 atom stereocenters. The summed E-state index contributed by atoms with van der Waals surface area (Å²) in [5.74, 6) is 0.636. The van der Waals surface area contributed by atoms with Gasteiger partial charge in [0.05, 0.1) is 18.3 Å². The molecule has 0 saturated heterocycles. The van der Waals surface area contributed by atoms with Gasteiger partial charge in [0.2, 0.25) is 0 Å². The van der Waals surface area contributed by atoms with E-state index in [2.05, 4.69) is 46.9 Å². The Morgan fingerprint density at radius 2 is 1.85 bits per heavy atom. The maximum Gasteiger partial charge on any atom is 0.256 e. The molecule has 0 radical (unpaired) electrons. The van der Waals surface area contributed by atoms with E-state index in [-0.39, 0.29) is 18.0 Å². The fourth-order valence-corrected chi connectivity index (χ4v) is 4.48. The lowest BCUT2D eigenvalue weighted by molar-refractivity contribution is 0.0951. The molecule has 1 amide bonds. The van der Waals surface area contributed by atoms with E-state index in [0.29, 0.717) is 17.1 Å². The number of fused-ring (bicyclic) bond motifs is 1. The number of amides is 1. The number of carbonyl (C=O) groups is 1. The topological polar surface area (TPSA) is 59.0 Å².